The number of aromatic nitrogens is 2. The van der Waals surface area contributed by atoms with Gasteiger partial charge in [-0.1, -0.05) is 4.49 Å². The first-order valence-corrected chi connectivity index (χ1v) is 9.08. The average Bonchev–Trinajstić information content (AvgIpc) is 3.24. The average molecular weight is 457 g/mol. The summed E-state index contributed by atoms with van der Waals surface area (Å²) in [7, 11) is 3.99. The van der Waals surface area contributed by atoms with Crippen molar-refractivity contribution < 1.29 is 47.7 Å². The number of ether oxygens (including phenoxy) is 5. The molecule has 0 spiro atoms. The Labute approximate surface area is 180 Å². The normalized spacial score (nSPS) is 11.6. The molecule has 31 heavy (non-hydrogen) atoms. The topological polar surface area (TPSA) is 169 Å². The second-order valence-corrected chi connectivity index (χ2v) is 5.86. The largest absolute Gasteiger partial charge is 0.466 e. The third kappa shape index (κ3) is 6.33. The van der Waals surface area contributed by atoms with Gasteiger partial charge in [0.05, 0.1) is 40.6 Å². The van der Waals surface area contributed by atoms with E-state index in [1.165, 1.54) is 0 Å². The molecule has 0 aliphatic carbocycles. The van der Waals surface area contributed by atoms with E-state index in [2.05, 4.69) is 33.9 Å². The van der Waals surface area contributed by atoms with Crippen molar-refractivity contribution in [1.82, 2.24) is 9.59 Å². The standard InChI is InChI=1S/C17H19N3O10S/c1-6-30-17(25)12-13(31-20-19-12)18-11(16(24)29-5)10(15(23)28-4)8(14(22)27-3)7-9(21)26-2/h7,18H,6H2,1-5H3/b8-7-,11-10-. The van der Waals surface area contributed by atoms with Gasteiger partial charge in [0.25, 0.3) is 0 Å². The van der Waals surface area contributed by atoms with E-state index < -0.39 is 46.7 Å². The van der Waals surface area contributed by atoms with Crippen LogP contribution in [0, 0.1) is 0 Å². The molecule has 0 atom stereocenters. The Morgan fingerprint density at radius 2 is 1.55 bits per heavy atom. The molecule has 1 heterocycles. The van der Waals surface area contributed by atoms with Gasteiger partial charge >= 0.3 is 29.8 Å². The number of hydrogen-bond acceptors (Lipinski definition) is 14. The molecule has 0 saturated heterocycles. The number of rotatable bonds is 9. The van der Waals surface area contributed by atoms with Gasteiger partial charge in [0, 0.05) is 17.6 Å². The van der Waals surface area contributed by atoms with Crippen molar-refractivity contribution in [3.63, 3.8) is 0 Å². The minimum atomic E-state index is -1.20. The molecule has 13 nitrogen and oxygen atoms in total. The van der Waals surface area contributed by atoms with Gasteiger partial charge in [-0.25, -0.2) is 24.0 Å². The molecule has 0 aliphatic heterocycles. The van der Waals surface area contributed by atoms with Crippen LogP contribution in [0.5, 0.6) is 0 Å². The van der Waals surface area contributed by atoms with E-state index in [0.717, 1.165) is 28.4 Å². The predicted octanol–water partition coefficient (Wildman–Crippen LogP) is -0.000800. The molecule has 1 N–H and O–H groups in total. The minimum absolute atomic E-state index is 0.0390. The quantitative estimate of drug-likeness (QED) is 0.228. The lowest BCUT2D eigenvalue weighted by Crippen LogP contribution is -2.25. The zero-order valence-electron chi connectivity index (χ0n) is 17.2. The maximum Gasteiger partial charge on any atom is 0.362 e. The van der Waals surface area contributed by atoms with Gasteiger partial charge in [-0.2, -0.15) is 0 Å². The van der Waals surface area contributed by atoms with E-state index in [9.17, 15) is 24.0 Å². The molecule has 0 aromatic carbocycles. The van der Waals surface area contributed by atoms with Gasteiger partial charge in [-0.3, -0.25) is 0 Å². The molecule has 0 unspecified atom stereocenters. The van der Waals surface area contributed by atoms with Crippen molar-refractivity contribution in [1.29, 1.82) is 0 Å². The van der Waals surface area contributed by atoms with Crippen molar-refractivity contribution in [3.8, 4) is 0 Å². The molecule has 0 saturated carbocycles. The number of anilines is 1. The molecule has 14 heteroatoms. The molecule has 0 radical (unpaired) electrons. The fourth-order valence-electron chi connectivity index (χ4n) is 2.01. The number of carbonyl (C=O) groups excluding carboxylic acids is 5. The summed E-state index contributed by atoms with van der Waals surface area (Å²) >= 11 is 0.647. The second-order valence-electron chi connectivity index (χ2n) is 5.10. The fraction of sp³-hybridized carbons (Fsp3) is 0.353. The maximum atomic E-state index is 12.5. The summed E-state index contributed by atoms with van der Waals surface area (Å²) < 4.78 is 26.8. The lowest BCUT2D eigenvalue weighted by atomic mass is 10.0. The number of nitrogens with zero attached hydrogens (tertiary/aromatic N) is 2. The number of carbonyl (C=O) groups is 5. The van der Waals surface area contributed by atoms with Crippen LogP contribution >= 0.6 is 11.5 Å². The van der Waals surface area contributed by atoms with Gasteiger partial charge in [-0.05, 0) is 6.92 Å². The van der Waals surface area contributed by atoms with Crippen LogP contribution in [0.2, 0.25) is 0 Å². The number of hydrogen-bond donors (Lipinski definition) is 1. The zero-order chi connectivity index (χ0) is 23.6. The van der Waals surface area contributed by atoms with E-state index in [-0.39, 0.29) is 17.3 Å². The van der Waals surface area contributed by atoms with Crippen molar-refractivity contribution in [2.75, 3.05) is 40.4 Å². The SMILES string of the molecule is CCOC(=O)c1nnsc1N/C(C(=O)OC)=C(C(=O)OC)/C(=C/C(=O)OC)C(=O)OC. The molecule has 0 aliphatic rings. The highest BCUT2D eigenvalue weighted by Crippen LogP contribution is 2.26. The summed E-state index contributed by atoms with van der Waals surface area (Å²) in [6.07, 6.45) is 0.625. The molecule has 1 rings (SSSR count). The molecule has 0 fully saturated rings. The Morgan fingerprint density at radius 3 is 2.06 bits per heavy atom. The Hall–Kier alpha value is -3.81. The Morgan fingerprint density at radius 1 is 0.935 bits per heavy atom. The highest BCUT2D eigenvalue weighted by atomic mass is 32.1. The maximum absolute atomic E-state index is 12.5. The van der Waals surface area contributed by atoms with Crippen LogP contribution in [-0.2, 0) is 42.9 Å². The first-order chi connectivity index (χ1) is 14.7. The van der Waals surface area contributed by atoms with Crippen LogP contribution in [0.1, 0.15) is 17.4 Å². The summed E-state index contributed by atoms with van der Waals surface area (Å²) in [5.41, 5.74) is -2.36. The highest BCUT2D eigenvalue weighted by molar-refractivity contribution is 7.10. The van der Waals surface area contributed by atoms with Gasteiger partial charge in [-0.15, -0.1) is 5.10 Å². The Bertz CT molecular complexity index is 934. The van der Waals surface area contributed by atoms with Crippen LogP contribution in [0.3, 0.4) is 0 Å². The van der Waals surface area contributed by atoms with E-state index in [1.54, 1.807) is 6.92 Å². The molecule has 1 aromatic heterocycles. The van der Waals surface area contributed by atoms with E-state index in [0.29, 0.717) is 17.6 Å². The lowest BCUT2D eigenvalue weighted by Gasteiger charge is -2.15. The molecule has 0 bridgehead atoms. The van der Waals surface area contributed by atoms with Crippen molar-refractivity contribution in [2.24, 2.45) is 0 Å². The van der Waals surface area contributed by atoms with Crippen molar-refractivity contribution >= 4 is 46.4 Å². The molecule has 168 valence electrons. The Kier molecular flexibility index (Phi) is 9.78. The third-order valence-electron chi connectivity index (χ3n) is 3.36. The number of methoxy groups -OCH3 is 4. The Balaban J connectivity index is 3.80. The smallest absolute Gasteiger partial charge is 0.362 e. The minimum Gasteiger partial charge on any atom is -0.466 e. The van der Waals surface area contributed by atoms with E-state index in [1.807, 2.05) is 0 Å². The molecule has 0 amide bonds. The zero-order valence-corrected chi connectivity index (χ0v) is 18.0. The highest BCUT2D eigenvalue weighted by Gasteiger charge is 2.33. The lowest BCUT2D eigenvalue weighted by molar-refractivity contribution is -0.141. The predicted molar refractivity (Wildman–Crippen MR) is 103 cm³/mol. The van der Waals surface area contributed by atoms with Gasteiger partial charge in [0.15, 0.2) is 0 Å². The summed E-state index contributed by atoms with van der Waals surface area (Å²) in [4.78, 5) is 61.1. The first-order valence-electron chi connectivity index (χ1n) is 8.31. The summed E-state index contributed by atoms with van der Waals surface area (Å²) in [5.74, 6) is -5.41. The summed E-state index contributed by atoms with van der Waals surface area (Å²) in [5, 5.41) is 5.99. The van der Waals surface area contributed by atoms with Crippen molar-refractivity contribution in [2.45, 2.75) is 6.92 Å². The number of nitrogens with one attached hydrogen (secondary N) is 1. The number of esters is 5. The second kappa shape index (κ2) is 12.0. The van der Waals surface area contributed by atoms with Crippen LogP contribution in [0.15, 0.2) is 22.9 Å². The van der Waals surface area contributed by atoms with Crippen LogP contribution < -0.4 is 5.32 Å². The van der Waals surface area contributed by atoms with Gasteiger partial charge < -0.3 is 29.0 Å². The molecular formula is C17H19N3O10S. The summed E-state index contributed by atoms with van der Waals surface area (Å²) in [6.45, 7) is 1.61. The van der Waals surface area contributed by atoms with Gasteiger partial charge in [0.1, 0.15) is 16.3 Å². The summed E-state index contributed by atoms with van der Waals surface area (Å²) in [6, 6.07) is 0. The van der Waals surface area contributed by atoms with Crippen molar-refractivity contribution in [3.05, 3.63) is 28.6 Å². The monoisotopic (exact) mass is 457 g/mol. The molecular weight excluding hydrogens is 438 g/mol. The van der Waals surface area contributed by atoms with Crippen LogP contribution in [0.25, 0.3) is 0 Å². The van der Waals surface area contributed by atoms with E-state index >= 15 is 0 Å². The first kappa shape index (κ1) is 25.2. The van der Waals surface area contributed by atoms with E-state index in [4.69, 9.17) is 4.74 Å². The van der Waals surface area contributed by atoms with Crippen LogP contribution in [0.4, 0.5) is 5.00 Å². The molecule has 1 aromatic rings. The van der Waals surface area contributed by atoms with Gasteiger partial charge in [0.2, 0.25) is 5.69 Å². The third-order valence-corrected chi connectivity index (χ3v) is 4.00. The fourth-order valence-corrected chi connectivity index (χ4v) is 2.57. The van der Waals surface area contributed by atoms with Crippen LogP contribution in [-0.4, -0.2) is 74.5 Å².